The molecular weight excluding hydrogens is 623 g/mol. The third kappa shape index (κ3) is 5.04. The van der Waals surface area contributed by atoms with Crippen molar-refractivity contribution in [1.29, 1.82) is 0 Å². The van der Waals surface area contributed by atoms with Crippen molar-refractivity contribution in [3.05, 3.63) is 176 Å². The zero-order valence-corrected chi connectivity index (χ0v) is 27.5. The van der Waals surface area contributed by atoms with Crippen molar-refractivity contribution < 1.29 is 4.42 Å². The molecule has 0 aliphatic carbocycles. The summed E-state index contributed by atoms with van der Waals surface area (Å²) in [6.45, 7) is 0. The summed E-state index contributed by atoms with van der Waals surface area (Å²) < 4.78 is 6.46. The molecule has 2 heterocycles. The first-order chi connectivity index (χ1) is 25.3. The van der Waals surface area contributed by atoms with Gasteiger partial charge in [-0.3, -0.25) is 0 Å². The fraction of sp³-hybridized carbons (Fsp3) is 0. The van der Waals surface area contributed by atoms with Gasteiger partial charge in [-0.2, -0.15) is 0 Å². The number of hydrogen-bond donors (Lipinski definition) is 0. The van der Waals surface area contributed by atoms with Gasteiger partial charge in [0, 0.05) is 32.8 Å². The Morgan fingerprint density at radius 2 is 0.725 bits per heavy atom. The van der Waals surface area contributed by atoms with Crippen LogP contribution >= 0.6 is 0 Å². The Morgan fingerprint density at radius 3 is 1.31 bits per heavy atom. The van der Waals surface area contributed by atoms with Gasteiger partial charge in [0.2, 0.25) is 0 Å². The van der Waals surface area contributed by atoms with Crippen LogP contribution in [0.2, 0.25) is 0 Å². The molecule has 10 aromatic rings. The van der Waals surface area contributed by atoms with E-state index in [1.54, 1.807) is 0 Å². The van der Waals surface area contributed by atoms with Crippen molar-refractivity contribution in [1.82, 2.24) is 15.0 Å². The predicted octanol–water partition coefficient (Wildman–Crippen LogP) is 12.4. The summed E-state index contributed by atoms with van der Waals surface area (Å²) in [5.41, 5.74) is 9.20. The van der Waals surface area contributed by atoms with Gasteiger partial charge in [-0.15, -0.1) is 0 Å². The summed E-state index contributed by atoms with van der Waals surface area (Å²) in [5.74, 6) is 1.88. The highest BCUT2D eigenvalue weighted by Crippen LogP contribution is 2.42. The van der Waals surface area contributed by atoms with Gasteiger partial charge < -0.3 is 4.42 Å². The Labute approximate surface area is 294 Å². The molecule has 0 saturated carbocycles. The molecule has 0 fully saturated rings. The number of furan rings is 1. The van der Waals surface area contributed by atoms with Gasteiger partial charge in [0.1, 0.15) is 11.2 Å². The average molecular weight is 652 g/mol. The number of nitrogens with zero attached hydrogens (tertiary/aromatic N) is 3. The lowest BCUT2D eigenvalue weighted by atomic mass is 9.95. The summed E-state index contributed by atoms with van der Waals surface area (Å²) >= 11 is 0. The molecule has 2 aromatic heterocycles. The Bertz CT molecular complexity index is 2780. The monoisotopic (exact) mass is 651 g/mol. The number of rotatable bonds is 5. The van der Waals surface area contributed by atoms with Crippen molar-refractivity contribution >= 4 is 43.5 Å². The molecule has 0 aliphatic rings. The van der Waals surface area contributed by atoms with E-state index in [0.717, 1.165) is 71.3 Å². The van der Waals surface area contributed by atoms with Gasteiger partial charge in [0.25, 0.3) is 0 Å². The van der Waals surface area contributed by atoms with Gasteiger partial charge in [-0.05, 0) is 50.5 Å². The lowest BCUT2D eigenvalue weighted by molar-refractivity contribution is 0.673. The van der Waals surface area contributed by atoms with Gasteiger partial charge in [0.15, 0.2) is 17.5 Å². The highest BCUT2D eigenvalue weighted by molar-refractivity contribution is 6.30. The van der Waals surface area contributed by atoms with Gasteiger partial charge in [-0.25, -0.2) is 15.0 Å². The molecule has 0 unspecified atom stereocenters. The maximum Gasteiger partial charge on any atom is 0.164 e. The minimum Gasteiger partial charge on any atom is -0.455 e. The Balaban J connectivity index is 1.16. The van der Waals surface area contributed by atoms with Crippen molar-refractivity contribution in [3.8, 4) is 56.4 Å². The second-order valence-corrected chi connectivity index (χ2v) is 12.8. The van der Waals surface area contributed by atoms with Crippen LogP contribution in [-0.2, 0) is 0 Å². The molecule has 0 atom stereocenters. The molecule has 51 heavy (non-hydrogen) atoms. The smallest absolute Gasteiger partial charge is 0.164 e. The Kier molecular flexibility index (Phi) is 6.78. The summed E-state index contributed by atoms with van der Waals surface area (Å²) in [6.07, 6.45) is 0. The lowest BCUT2D eigenvalue weighted by Gasteiger charge is -2.11. The highest BCUT2D eigenvalue weighted by Gasteiger charge is 2.18. The third-order valence-electron chi connectivity index (χ3n) is 9.74. The van der Waals surface area contributed by atoms with Crippen LogP contribution in [0.1, 0.15) is 0 Å². The van der Waals surface area contributed by atoms with E-state index < -0.39 is 0 Å². The van der Waals surface area contributed by atoms with Crippen LogP contribution in [0.5, 0.6) is 0 Å². The maximum atomic E-state index is 6.46. The van der Waals surface area contributed by atoms with Crippen molar-refractivity contribution in [2.24, 2.45) is 0 Å². The zero-order valence-electron chi connectivity index (χ0n) is 27.5. The van der Waals surface area contributed by atoms with Crippen LogP contribution in [0.25, 0.3) is 99.9 Å². The van der Waals surface area contributed by atoms with E-state index in [2.05, 4.69) is 152 Å². The molecule has 0 amide bonds. The molecular formula is C47H29N3O. The fourth-order valence-corrected chi connectivity index (χ4v) is 7.19. The molecule has 238 valence electrons. The molecule has 0 N–H and O–H groups in total. The van der Waals surface area contributed by atoms with E-state index >= 15 is 0 Å². The van der Waals surface area contributed by atoms with E-state index in [4.69, 9.17) is 19.4 Å². The first-order valence-corrected chi connectivity index (χ1v) is 17.1. The molecule has 0 radical (unpaired) electrons. The van der Waals surface area contributed by atoms with E-state index in [9.17, 15) is 0 Å². The summed E-state index contributed by atoms with van der Waals surface area (Å²) in [4.78, 5) is 15.3. The van der Waals surface area contributed by atoms with Crippen molar-refractivity contribution in [3.63, 3.8) is 0 Å². The van der Waals surface area contributed by atoms with Gasteiger partial charge in [-0.1, -0.05) is 164 Å². The quantitative estimate of drug-likeness (QED) is 0.174. The van der Waals surface area contributed by atoms with E-state index in [0.29, 0.717) is 17.5 Å². The van der Waals surface area contributed by atoms with Crippen molar-refractivity contribution in [2.45, 2.75) is 0 Å². The Hall–Kier alpha value is -6.91. The fourth-order valence-electron chi connectivity index (χ4n) is 7.19. The van der Waals surface area contributed by atoms with Crippen LogP contribution < -0.4 is 0 Å². The van der Waals surface area contributed by atoms with Crippen LogP contribution in [-0.4, -0.2) is 15.0 Å². The van der Waals surface area contributed by atoms with Crippen LogP contribution in [0.4, 0.5) is 0 Å². The summed E-state index contributed by atoms with van der Waals surface area (Å²) in [6, 6.07) is 61.0. The average Bonchev–Trinajstić information content (AvgIpc) is 3.62. The number of aromatic nitrogens is 3. The molecule has 4 nitrogen and oxygen atoms in total. The first-order valence-electron chi connectivity index (χ1n) is 17.1. The number of benzene rings is 8. The lowest BCUT2D eigenvalue weighted by Crippen LogP contribution is -2.00. The number of hydrogen-bond acceptors (Lipinski definition) is 4. The molecule has 8 aromatic carbocycles. The normalized spacial score (nSPS) is 11.5. The molecule has 0 spiro atoms. The minimum absolute atomic E-state index is 0.623. The van der Waals surface area contributed by atoms with Crippen LogP contribution in [0, 0.1) is 0 Å². The van der Waals surface area contributed by atoms with Crippen LogP contribution in [0.15, 0.2) is 180 Å². The first kappa shape index (κ1) is 29.0. The van der Waals surface area contributed by atoms with Crippen LogP contribution in [0.3, 0.4) is 0 Å². The third-order valence-corrected chi connectivity index (χ3v) is 9.74. The SMILES string of the molecule is c1ccc(-c2ccc(-c3nc(-c4ccc(-c5ccccc5)cc4)nc(-c4ccc5c(c4)c4ccccc4c4oc6ccccc6c54)n3)cc2)cc1. The standard InChI is InChI=1S/C47H29N3O/c1-3-11-30(12-4-1)32-19-23-34(24-20-32)45-48-46(35-25-21-33(22-26-35)31-13-5-2-6-14-31)50-47(49-45)36-27-28-38-41(29-36)37-15-7-8-16-39(37)44-43(38)40-17-9-10-18-42(40)51-44/h1-29H. The molecule has 10 rings (SSSR count). The molecule has 0 saturated heterocycles. The predicted molar refractivity (Wildman–Crippen MR) is 209 cm³/mol. The second kappa shape index (κ2) is 11.9. The van der Waals surface area contributed by atoms with E-state index in [1.165, 1.54) is 11.1 Å². The van der Waals surface area contributed by atoms with E-state index in [1.807, 2.05) is 24.3 Å². The highest BCUT2D eigenvalue weighted by atomic mass is 16.3. The summed E-state index contributed by atoms with van der Waals surface area (Å²) in [7, 11) is 0. The number of para-hydroxylation sites is 1. The minimum atomic E-state index is 0.623. The second-order valence-electron chi connectivity index (χ2n) is 12.8. The maximum absolute atomic E-state index is 6.46. The van der Waals surface area contributed by atoms with Gasteiger partial charge in [0.05, 0.1) is 0 Å². The molecule has 4 heteroatoms. The van der Waals surface area contributed by atoms with Gasteiger partial charge >= 0.3 is 0 Å². The van der Waals surface area contributed by atoms with Crippen molar-refractivity contribution in [2.75, 3.05) is 0 Å². The Morgan fingerprint density at radius 1 is 0.294 bits per heavy atom. The largest absolute Gasteiger partial charge is 0.455 e. The zero-order chi connectivity index (χ0) is 33.7. The molecule has 0 bridgehead atoms. The number of fused-ring (bicyclic) bond motifs is 8. The summed E-state index contributed by atoms with van der Waals surface area (Å²) in [5, 5.41) is 6.72. The van der Waals surface area contributed by atoms with E-state index in [-0.39, 0.29) is 0 Å². The molecule has 0 aliphatic heterocycles. The topological polar surface area (TPSA) is 51.8 Å².